The monoisotopic (exact) mass is 287 g/mol. The number of carbonyl (C=O) groups excluding carboxylic acids is 1. The highest BCUT2D eigenvalue weighted by molar-refractivity contribution is 7.15. The van der Waals surface area contributed by atoms with E-state index in [1.807, 2.05) is 30.3 Å². The van der Waals surface area contributed by atoms with Gasteiger partial charge in [0.1, 0.15) is 5.01 Å². The van der Waals surface area contributed by atoms with Crippen LogP contribution in [0.15, 0.2) is 30.3 Å². The largest absolute Gasteiger partial charge is 0.471 e. The Balaban J connectivity index is 2.02. The van der Waals surface area contributed by atoms with Crippen LogP contribution in [0.2, 0.25) is 0 Å². The number of benzene rings is 1. The smallest absolute Gasteiger partial charge is 0.293 e. The Hall–Kier alpha value is -1.96. The van der Waals surface area contributed by atoms with E-state index in [0.717, 1.165) is 16.9 Å². The lowest BCUT2D eigenvalue weighted by molar-refractivity contribution is -0.167. The maximum atomic E-state index is 12.0. The predicted molar refractivity (Wildman–Crippen MR) is 63.8 cm³/mol. The van der Waals surface area contributed by atoms with Crippen LogP contribution in [0.4, 0.5) is 18.3 Å². The number of nitrogens with one attached hydrogen (secondary N) is 1. The number of halogens is 3. The van der Waals surface area contributed by atoms with Gasteiger partial charge in [-0.2, -0.15) is 13.2 Å². The fourth-order valence-electron chi connectivity index (χ4n) is 1.31. The third-order valence-corrected chi connectivity index (χ3v) is 2.98. The van der Waals surface area contributed by atoms with Gasteiger partial charge in [-0.05, 0) is 5.56 Å². The van der Waals surface area contributed by atoms with E-state index < -0.39 is 12.1 Å². The van der Waals surface area contributed by atoms with Crippen molar-refractivity contribution in [2.45, 2.75) is 12.6 Å². The average molecular weight is 287 g/mol. The van der Waals surface area contributed by atoms with E-state index in [4.69, 9.17) is 0 Å². The molecule has 0 aliphatic heterocycles. The molecular weight excluding hydrogens is 279 g/mol. The first-order valence-electron chi connectivity index (χ1n) is 5.19. The molecule has 0 aliphatic carbocycles. The second kappa shape index (κ2) is 5.35. The van der Waals surface area contributed by atoms with Crippen molar-refractivity contribution in [1.29, 1.82) is 0 Å². The molecule has 100 valence electrons. The maximum absolute atomic E-state index is 12.0. The minimum absolute atomic E-state index is 0.159. The molecule has 0 aliphatic rings. The zero-order chi connectivity index (χ0) is 13.9. The van der Waals surface area contributed by atoms with Gasteiger partial charge in [0.25, 0.3) is 0 Å². The molecule has 1 aromatic carbocycles. The molecule has 2 aromatic rings. The summed E-state index contributed by atoms with van der Waals surface area (Å²) >= 11 is 0.918. The van der Waals surface area contributed by atoms with Crippen molar-refractivity contribution in [2.75, 3.05) is 5.32 Å². The Morgan fingerprint density at radius 3 is 2.53 bits per heavy atom. The zero-order valence-corrected chi connectivity index (χ0v) is 10.3. The number of aromatic nitrogens is 2. The maximum Gasteiger partial charge on any atom is 0.471 e. The highest BCUT2D eigenvalue weighted by Gasteiger charge is 2.39. The average Bonchev–Trinajstić information content (AvgIpc) is 2.76. The molecule has 0 spiro atoms. The molecule has 0 bridgehead atoms. The molecule has 19 heavy (non-hydrogen) atoms. The van der Waals surface area contributed by atoms with Crippen molar-refractivity contribution < 1.29 is 18.0 Å². The van der Waals surface area contributed by atoms with E-state index in [1.165, 1.54) is 0 Å². The molecule has 1 amide bonds. The van der Waals surface area contributed by atoms with Crippen molar-refractivity contribution in [3.05, 3.63) is 40.9 Å². The van der Waals surface area contributed by atoms with E-state index in [1.54, 1.807) is 5.32 Å². The molecule has 0 saturated carbocycles. The van der Waals surface area contributed by atoms with Gasteiger partial charge in [-0.15, -0.1) is 10.2 Å². The second-order valence-corrected chi connectivity index (χ2v) is 4.68. The van der Waals surface area contributed by atoms with Crippen molar-refractivity contribution in [2.24, 2.45) is 0 Å². The minimum atomic E-state index is -4.93. The van der Waals surface area contributed by atoms with Crippen LogP contribution in [0.1, 0.15) is 10.6 Å². The molecule has 0 fully saturated rings. The van der Waals surface area contributed by atoms with Crippen molar-refractivity contribution in [1.82, 2.24) is 10.2 Å². The summed E-state index contributed by atoms with van der Waals surface area (Å²) in [6.07, 6.45) is -4.47. The SMILES string of the molecule is O=C(Nc1nnc(Cc2ccccc2)s1)C(F)(F)F. The normalized spacial score (nSPS) is 11.3. The Bertz CT molecular complexity index is 568. The number of amides is 1. The van der Waals surface area contributed by atoms with Crippen LogP contribution in [0.5, 0.6) is 0 Å². The Morgan fingerprint density at radius 1 is 1.21 bits per heavy atom. The summed E-state index contributed by atoms with van der Waals surface area (Å²) in [5.74, 6) is -2.05. The van der Waals surface area contributed by atoms with Gasteiger partial charge in [-0.1, -0.05) is 41.7 Å². The van der Waals surface area contributed by atoms with Gasteiger partial charge >= 0.3 is 12.1 Å². The van der Waals surface area contributed by atoms with E-state index >= 15 is 0 Å². The third-order valence-electron chi connectivity index (χ3n) is 2.14. The molecule has 0 saturated heterocycles. The standard InChI is InChI=1S/C11H8F3N3OS/c12-11(13,14)9(18)15-10-17-16-8(19-10)6-7-4-2-1-3-5-7/h1-5H,6H2,(H,15,17,18). The molecule has 0 atom stereocenters. The van der Waals surface area contributed by atoms with Crippen molar-refractivity contribution >= 4 is 22.4 Å². The summed E-state index contributed by atoms with van der Waals surface area (Å²) in [6.45, 7) is 0. The quantitative estimate of drug-likeness (QED) is 0.944. The van der Waals surface area contributed by atoms with Crippen LogP contribution in [-0.2, 0) is 11.2 Å². The highest BCUT2D eigenvalue weighted by atomic mass is 32.1. The zero-order valence-electron chi connectivity index (χ0n) is 9.44. The summed E-state index contributed by atoms with van der Waals surface area (Å²) in [5, 5.41) is 9.28. The van der Waals surface area contributed by atoms with Crippen molar-refractivity contribution in [3.63, 3.8) is 0 Å². The molecule has 1 heterocycles. The summed E-state index contributed by atoms with van der Waals surface area (Å²) in [7, 11) is 0. The molecular formula is C11H8F3N3OS. The van der Waals surface area contributed by atoms with Gasteiger partial charge in [0.05, 0.1) is 0 Å². The van der Waals surface area contributed by atoms with E-state index in [9.17, 15) is 18.0 Å². The lowest BCUT2D eigenvalue weighted by atomic mass is 10.2. The highest BCUT2D eigenvalue weighted by Crippen LogP contribution is 2.22. The number of hydrogen-bond donors (Lipinski definition) is 1. The Kier molecular flexibility index (Phi) is 3.79. The summed E-state index contributed by atoms with van der Waals surface area (Å²) in [5.41, 5.74) is 0.965. The predicted octanol–water partition coefficient (Wildman–Crippen LogP) is 2.63. The lowest BCUT2D eigenvalue weighted by Gasteiger charge is -2.03. The third kappa shape index (κ3) is 3.75. The molecule has 2 rings (SSSR count). The molecule has 4 nitrogen and oxygen atoms in total. The fourth-order valence-corrected chi connectivity index (χ4v) is 2.08. The summed E-state index contributed by atoms with van der Waals surface area (Å²) in [6, 6.07) is 9.30. The van der Waals surface area contributed by atoms with E-state index in [2.05, 4.69) is 10.2 Å². The summed E-state index contributed by atoms with van der Waals surface area (Å²) < 4.78 is 36.1. The molecule has 8 heteroatoms. The van der Waals surface area contributed by atoms with Gasteiger partial charge in [0.15, 0.2) is 0 Å². The minimum Gasteiger partial charge on any atom is -0.293 e. The number of hydrogen-bond acceptors (Lipinski definition) is 4. The van der Waals surface area contributed by atoms with Gasteiger partial charge in [-0.3, -0.25) is 10.1 Å². The second-order valence-electron chi connectivity index (χ2n) is 3.62. The van der Waals surface area contributed by atoms with Crippen LogP contribution in [0.3, 0.4) is 0 Å². The Morgan fingerprint density at radius 2 is 1.89 bits per heavy atom. The topological polar surface area (TPSA) is 54.9 Å². The number of carbonyl (C=O) groups is 1. The van der Waals surface area contributed by atoms with Gasteiger partial charge in [0.2, 0.25) is 5.13 Å². The molecule has 1 N–H and O–H groups in total. The van der Waals surface area contributed by atoms with Crippen LogP contribution in [0, 0.1) is 0 Å². The number of alkyl halides is 3. The van der Waals surface area contributed by atoms with Crippen LogP contribution in [0.25, 0.3) is 0 Å². The van der Waals surface area contributed by atoms with Crippen molar-refractivity contribution in [3.8, 4) is 0 Å². The molecule has 0 radical (unpaired) electrons. The van der Waals surface area contributed by atoms with Crippen LogP contribution >= 0.6 is 11.3 Å². The Labute approximate surface area is 110 Å². The fraction of sp³-hybridized carbons (Fsp3) is 0.182. The van der Waals surface area contributed by atoms with E-state index in [-0.39, 0.29) is 5.13 Å². The lowest BCUT2D eigenvalue weighted by Crippen LogP contribution is -2.29. The van der Waals surface area contributed by atoms with Gasteiger partial charge < -0.3 is 0 Å². The number of rotatable bonds is 3. The molecule has 0 unspecified atom stereocenters. The molecule has 1 aromatic heterocycles. The van der Waals surface area contributed by atoms with E-state index in [0.29, 0.717) is 11.4 Å². The number of nitrogens with zero attached hydrogens (tertiary/aromatic N) is 2. The summed E-state index contributed by atoms with van der Waals surface area (Å²) in [4.78, 5) is 10.7. The van der Waals surface area contributed by atoms with Crippen LogP contribution in [-0.4, -0.2) is 22.3 Å². The first-order valence-corrected chi connectivity index (χ1v) is 6.01. The first-order chi connectivity index (χ1) is 8.95. The van der Waals surface area contributed by atoms with Gasteiger partial charge in [0, 0.05) is 6.42 Å². The van der Waals surface area contributed by atoms with Gasteiger partial charge in [-0.25, -0.2) is 0 Å². The number of anilines is 1. The van der Waals surface area contributed by atoms with Crippen LogP contribution < -0.4 is 5.32 Å². The first kappa shape index (κ1) is 13.5.